The van der Waals surface area contributed by atoms with E-state index in [0.29, 0.717) is 35.9 Å². The van der Waals surface area contributed by atoms with Gasteiger partial charge in [0.1, 0.15) is 17.3 Å². The van der Waals surface area contributed by atoms with Crippen molar-refractivity contribution < 1.29 is 17.9 Å². The molecule has 1 aliphatic rings. The van der Waals surface area contributed by atoms with Gasteiger partial charge in [0.05, 0.1) is 12.0 Å². The molecule has 0 saturated carbocycles. The van der Waals surface area contributed by atoms with Crippen LogP contribution < -0.4 is 14.8 Å². The number of amidine groups is 1. The summed E-state index contributed by atoms with van der Waals surface area (Å²) in [5.41, 5.74) is 2.26. The molecule has 1 aromatic heterocycles. The number of rotatable bonds is 6. The van der Waals surface area contributed by atoms with Gasteiger partial charge in [-0.1, -0.05) is 12.1 Å². The Morgan fingerprint density at radius 1 is 1.16 bits per heavy atom. The summed E-state index contributed by atoms with van der Waals surface area (Å²) in [7, 11) is -2.21. The summed E-state index contributed by atoms with van der Waals surface area (Å²) in [6.07, 6.45) is 3.10. The molecular weight excluding hydrogens is 430 g/mol. The van der Waals surface area contributed by atoms with E-state index in [-0.39, 0.29) is 10.6 Å². The molecule has 0 aliphatic carbocycles. The summed E-state index contributed by atoms with van der Waals surface area (Å²) in [6.45, 7) is 2.57. The van der Waals surface area contributed by atoms with E-state index in [2.05, 4.69) is 20.1 Å². The van der Waals surface area contributed by atoms with Crippen LogP contribution in [0.3, 0.4) is 0 Å². The topological polar surface area (TPSA) is 115 Å². The van der Waals surface area contributed by atoms with Crippen LogP contribution in [0.15, 0.2) is 64.6 Å². The lowest BCUT2D eigenvalue weighted by molar-refractivity contribution is 0.102. The molecule has 0 radical (unpaired) electrons. The molecule has 0 spiro atoms. The predicted molar refractivity (Wildman–Crippen MR) is 121 cm³/mol. The molecule has 3 aromatic rings. The molecule has 10 heteroatoms. The SMILES string of the molecule is COc1ccc(C)cc1-n1ccc(C(=O)Nc2cccc(S(=O)(=O)NC3=NCCC3)c2)n1. The van der Waals surface area contributed by atoms with Gasteiger partial charge in [-0.3, -0.25) is 14.5 Å². The van der Waals surface area contributed by atoms with Gasteiger partial charge in [0.15, 0.2) is 5.69 Å². The number of sulfonamides is 1. The molecule has 0 bridgehead atoms. The van der Waals surface area contributed by atoms with Crippen molar-refractivity contribution in [1.29, 1.82) is 0 Å². The van der Waals surface area contributed by atoms with E-state index in [0.717, 1.165) is 12.0 Å². The largest absolute Gasteiger partial charge is 0.494 e. The van der Waals surface area contributed by atoms with Gasteiger partial charge in [-0.25, -0.2) is 13.1 Å². The lowest BCUT2D eigenvalue weighted by atomic mass is 10.2. The van der Waals surface area contributed by atoms with Crippen LogP contribution in [0.2, 0.25) is 0 Å². The fraction of sp³-hybridized carbons (Fsp3) is 0.227. The highest BCUT2D eigenvalue weighted by Gasteiger charge is 2.19. The highest BCUT2D eigenvalue weighted by atomic mass is 32.2. The molecule has 2 aromatic carbocycles. The Labute approximate surface area is 186 Å². The number of aromatic nitrogens is 2. The molecular formula is C22H23N5O4S. The quantitative estimate of drug-likeness (QED) is 0.596. The number of methoxy groups -OCH3 is 1. The Bertz CT molecular complexity index is 1300. The van der Waals surface area contributed by atoms with Gasteiger partial charge in [0, 0.05) is 24.8 Å². The Morgan fingerprint density at radius 2 is 2.00 bits per heavy atom. The first kappa shape index (κ1) is 21.6. The third kappa shape index (κ3) is 4.65. The summed E-state index contributed by atoms with van der Waals surface area (Å²) in [5.74, 6) is 0.623. The first-order valence-electron chi connectivity index (χ1n) is 10.0. The van der Waals surface area contributed by atoms with Gasteiger partial charge in [0.2, 0.25) is 0 Å². The minimum absolute atomic E-state index is 0.0416. The summed E-state index contributed by atoms with van der Waals surface area (Å²) in [5, 5.41) is 7.04. The molecule has 9 nitrogen and oxygen atoms in total. The van der Waals surface area contributed by atoms with Crippen LogP contribution in [0.5, 0.6) is 5.75 Å². The molecule has 0 saturated heterocycles. The second kappa shape index (κ2) is 8.83. The molecule has 2 N–H and O–H groups in total. The van der Waals surface area contributed by atoms with Crippen LogP contribution in [-0.4, -0.2) is 43.6 Å². The van der Waals surface area contributed by atoms with Gasteiger partial charge in [-0.2, -0.15) is 5.10 Å². The van der Waals surface area contributed by atoms with E-state index >= 15 is 0 Å². The molecule has 1 amide bonds. The van der Waals surface area contributed by atoms with Crippen molar-refractivity contribution in [2.45, 2.75) is 24.7 Å². The highest BCUT2D eigenvalue weighted by Crippen LogP contribution is 2.24. The maximum atomic E-state index is 12.7. The van der Waals surface area contributed by atoms with Crippen LogP contribution in [0, 0.1) is 6.92 Å². The maximum Gasteiger partial charge on any atom is 0.276 e. The van der Waals surface area contributed by atoms with Crippen molar-refractivity contribution in [2.75, 3.05) is 19.0 Å². The Balaban J connectivity index is 1.52. The molecule has 0 atom stereocenters. The number of ether oxygens (including phenoxy) is 1. The van der Waals surface area contributed by atoms with Crippen LogP contribution >= 0.6 is 0 Å². The minimum atomic E-state index is -3.78. The number of anilines is 1. The fourth-order valence-corrected chi connectivity index (χ4v) is 4.47. The number of nitrogens with zero attached hydrogens (tertiary/aromatic N) is 3. The molecule has 32 heavy (non-hydrogen) atoms. The van der Waals surface area contributed by atoms with Gasteiger partial charge in [-0.15, -0.1) is 0 Å². The number of amides is 1. The number of hydrogen-bond acceptors (Lipinski definition) is 6. The zero-order chi connectivity index (χ0) is 22.7. The van der Waals surface area contributed by atoms with Crippen molar-refractivity contribution in [3.63, 3.8) is 0 Å². The molecule has 0 fully saturated rings. The zero-order valence-electron chi connectivity index (χ0n) is 17.7. The maximum absolute atomic E-state index is 12.7. The number of aliphatic imine (C=N–C) groups is 1. The molecule has 1 aliphatic heterocycles. The van der Waals surface area contributed by atoms with E-state index in [1.165, 1.54) is 12.1 Å². The van der Waals surface area contributed by atoms with Crippen LogP contribution in [0.25, 0.3) is 5.69 Å². The average molecular weight is 454 g/mol. The Kier molecular flexibility index (Phi) is 5.95. The minimum Gasteiger partial charge on any atom is -0.494 e. The number of benzene rings is 2. The van der Waals surface area contributed by atoms with Crippen LogP contribution in [0.4, 0.5) is 5.69 Å². The second-order valence-corrected chi connectivity index (χ2v) is 9.02. The summed E-state index contributed by atoms with van der Waals surface area (Å²) >= 11 is 0. The van der Waals surface area contributed by atoms with Crippen molar-refractivity contribution in [1.82, 2.24) is 14.5 Å². The van der Waals surface area contributed by atoms with E-state index in [9.17, 15) is 13.2 Å². The van der Waals surface area contributed by atoms with Crippen molar-refractivity contribution in [2.24, 2.45) is 4.99 Å². The van der Waals surface area contributed by atoms with Crippen molar-refractivity contribution >= 4 is 27.5 Å². The van der Waals surface area contributed by atoms with Gasteiger partial charge >= 0.3 is 0 Å². The smallest absolute Gasteiger partial charge is 0.276 e. The predicted octanol–water partition coefficient (Wildman–Crippen LogP) is 2.91. The van der Waals surface area contributed by atoms with Crippen LogP contribution in [-0.2, 0) is 10.0 Å². The highest BCUT2D eigenvalue weighted by molar-refractivity contribution is 7.90. The van der Waals surface area contributed by atoms with E-state index < -0.39 is 15.9 Å². The molecule has 2 heterocycles. The monoisotopic (exact) mass is 453 g/mol. The summed E-state index contributed by atoms with van der Waals surface area (Å²) in [4.78, 5) is 16.9. The first-order chi connectivity index (χ1) is 15.4. The standard InChI is InChI=1S/C22H23N5O4S/c1-15-8-9-20(31-2)19(13-15)27-12-10-18(25-27)22(28)24-16-5-3-6-17(14-16)32(29,30)26-21-7-4-11-23-21/h3,5-6,8-10,12-14H,4,7,11H2,1-2H3,(H,23,26)(H,24,28). The third-order valence-corrected chi connectivity index (χ3v) is 6.31. The summed E-state index contributed by atoms with van der Waals surface area (Å²) in [6, 6.07) is 13.3. The number of aryl methyl sites for hydroxylation is 1. The van der Waals surface area contributed by atoms with Gasteiger partial charge < -0.3 is 10.1 Å². The lowest BCUT2D eigenvalue weighted by Gasteiger charge is -2.10. The fourth-order valence-electron chi connectivity index (χ4n) is 3.33. The number of nitrogens with one attached hydrogen (secondary N) is 2. The van der Waals surface area contributed by atoms with Gasteiger partial charge in [-0.05, 0) is 55.3 Å². The van der Waals surface area contributed by atoms with E-state index in [4.69, 9.17) is 4.74 Å². The van der Waals surface area contributed by atoms with E-state index in [1.807, 2.05) is 25.1 Å². The number of carbonyl (C=O) groups excluding carboxylic acids is 1. The van der Waals surface area contributed by atoms with Crippen molar-refractivity contribution in [3.05, 3.63) is 66.0 Å². The zero-order valence-corrected chi connectivity index (χ0v) is 18.5. The first-order valence-corrected chi connectivity index (χ1v) is 11.5. The van der Waals surface area contributed by atoms with Crippen LogP contribution in [0.1, 0.15) is 28.9 Å². The molecule has 166 valence electrons. The Morgan fingerprint density at radius 3 is 2.75 bits per heavy atom. The lowest BCUT2D eigenvalue weighted by Crippen LogP contribution is -2.29. The Hall–Kier alpha value is -3.66. The second-order valence-electron chi connectivity index (χ2n) is 7.34. The average Bonchev–Trinajstić information content (AvgIpc) is 3.46. The summed E-state index contributed by atoms with van der Waals surface area (Å²) < 4.78 is 34.7. The van der Waals surface area contributed by atoms with Crippen molar-refractivity contribution in [3.8, 4) is 11.4 Å². The number of hydrogen-bond donors (Lipinski definition) is 2. The third-order valence-electron chi connectivity index (χ3n) is 4.93. The van der Waals surface area contributed by atoms with Gasteiger partial charge in [0.25, 0.3) is 15.9 Å². The normalized spacial score (nSPS) is 13.5. The molecule has 0 unspecified atom stereocenters. The molecule has 4 rings (SSSR count). The number of carbonyl (C=O) groups is 1. The van der Waals surface area contributed by atoms with E-state index in [1.54, 1.807) is 36.2 Å².